The van der Waals surface area contributed by atoms with Crippen LogP contribution in [0, 0.1) is 0 Å². The van der Waals surface area contributed by atoms with Crippen LogP contribution < -0.4 is 9.47 Å². The predicted molar refractivity (Wildman–Crippen MR) is 109 cm³/mol. The molecule has 1 aromatic carbocycles. The standard InChI is InChI=1S/C22H24N4O3/c1-28-17-5-6-20(29-2)16(12-17)13-21(27)26-11-3-4-19(26)22-18(14-24-25-22)15-7-9-23-10-8-15/h5-10,12,14,19H,3-4,11,13H2,1-2H3,(H,24,25)/t19-/m0/s1. The van der Waals surface area contributed by atoms with E-state index in [2.05, 4.69) is 15.2 Å². The molecule has 0 spiro atoms. The van der Waals surface area contributed by atoms with Gasteiger partial charge in [0.2, 0.25) is 5.91 Å². The minimum absolute atomic E-state index is 0.0234. The fraction of sp³-hybridized carbons (Fsp3) is 0.318. The fourth-order valence-corrected chi connectivity index (χ4v) is 3.96. The SMILES string of the molecule is COc1ccc(OC)c(CC(=O)N2CCC[C@H]2c2[nH]ncc2-c2ccncc2)c1. The van der Waals surface area contributed by atoms with Gasteiger partial charge in [0.05, 0.1) is 38.6 Å². The first kappa shape index (κ1) is 19.0. The first-order valence-corrected chi connectivity index (χ1v) is 9.65. The van der Waals surface area contributed by atoms with Crippen LogP contribution in [0.15, 0.2) is 48.9 Å². The van der Waals surface area contributed by atoms with Crippen LogP contribution in [-0.2, 0) is 11.2 Å². The normalized spacial score (nSPS) is 16.1. The van der Waals surface area contributed by atoms with Crippen molar-refractivity contribution in [1.29, 1.82) is 0 Å². The highest BCUT2D eigenvalue weighted by atomic mass is 16.5. The number of aromatic amines is 1. The van der Waals surface area contributed by atoms with Crippen LogP contribution in [0.2, 0.25) is 0 Å². The van der Waals surface area contributed by atoms with Crippen molar-refractivity contribution in [2.75, 3.05) is 20.8 Å². The van der Waals surface area contributed by atoms with E-state index in [0.717, 1.165) is 41.8 Å². The van der Waals surface area contributed by atoms with Gasteiger partial charge in [-0.1, -0.05) is 0 Å². The summed E-state index contributed by atoms with van der Waals surface area (Å²) in [5.41, 5.74) is 3.84. The number of aromatic nitrogens is 3. The summed E-state index contributed by atoms with van der Waals surface area (Å²) in [6.45, 7) is 0.727. The van der Waals surface area contributed by atoms with E-state index in [0.29, 0.717) is 11.5 Å². The maximum atomic E-state index is 13.2. The minimum atomic E-state index is -0.0234. The maximum absolute atomic E-state index is 13.2. The van der Waals surface area contributed by atoms with Crippen molar-refractivity contribution in [3.63, 3.8) is 0 Å². The summed E-state index contributed by atoms with van der Waals surface area (Å²) in [6.07, 6.45) is 7.46. The molecule has 0 aliphatic carbocycles. The quantitative estimate of drug-likeness (QED) is 0.695. The second-order valence-electron chi connectivity index (χ2n) is 7.03. The highest BCUT2D eigenvalue weighted by Gasteiger charge is 2.33. The number of likely N-dealkylation sites (tertiary alicyclic amines) is 1. The molecule has 3 aromatic rings. The van der Waals surface area contributed by atoms with E-state index in [1.165, 1.54) is 0 Å². The molecule has 0 radical (unpaired) electrons. The molecule has 4 rings (SSSR count). The van der Waals surface area contributed by atoms with Crippen molar-refractivity contribution in [2.45, 2.75) is 25.3 Å². The summed E-state index contributed by atoms with van der Waals surface area (Å²) < 4.78 is 10.7. The molecule has 1 aliphatic rings. The lowest BCUT2D eigenvalue weighted by Crippen LogP contribution is -2.32. The number of hydrogen-bond acceptors (Lipinski definition) is 5. The van der Waals surface area contributed by atoms with E-state index in [1.807, 2.05) is 41.4 Å². The molecule has 0 saturated carbocycles. The molecule has 1 N–H and O–H groups in total. The zero-order valence-electron chi connectivity index (χ0n) is 16.6. The van der Waals surface area contributed by atoms with Gasteiger partial charge in [-0.2, -0.15) is 5.10 Å². The molecule has 1 amide bonds. The average Bonchev–Trinajstić information content (AvgIpc) is 3.43. The third kappa shape index (κ3) is 3.81. The topological polar surface area (TPSA) is 80.3 Å². The van der Waals surface area contributed by atoms with Crippen molar-refractivity contribution in [1.82, 2.24) is 20.1 Å². The molecular formula is C22H24N4O3. The summed E-state index contributed by atoms with van der Waals surface area (Å²) in [6, 6.07) is 9.41. The first-order valence-electron chi connectivity index (χ1n) is 9.65. The Morgan fingerprint density at radius 1 is 1.21 bits per heavy atom. The Morgan fingerprint density at radius 2 is 2.03 bits per heavy atom. The summed E-state index contributed by atoms with van der Waals surface area (Å²) in [7, 11) is 3.23. The average molecular weight is 392 g/mol. The molecular weight excluding hydrogens is 368 g/mol. The molecule has 3 heterocycles. The highest BCUT2D eigenvalue weighted by molar-refractivity contribution is 5.81. The molecule has 1 aliphatic heterocycles. The minimum Gasteiger partial charge on any atom is -0.497 e. The Morgan fingerprint density at radius 3 is 2.79 bits per heavy atom. The van der Waals surface area contributed by atoms with Gasteiger partial charge in [-0.05, 0) is 48.7 Å². The van der Waals surface area contributed by atoms with Crippen LogP contribution >= 0.6 is 0 Å². The number of methoxy groups -OCH3 is 2. The Labute approximate surface area is 169 Å². The van der Waals surface area contributed by atoms with Crippen molar-refractivity contribution < 1.29 is 14.3 Å². The first-order chi connectivity index (χ1) is 14.2. The smallest absolute Gasteiger partial charge is 0.227 e. The number of amides is 1. The zero-order valence-corrected chi connectivity index (χ0v) is 16.6. The van der Waals surface area contributed by atoms with Crippen LogP contribution in [0.5, 0.6) is 11.5 Å². The van der Waals surface area contributed by atoms with Gasteiger partial charge in [0.15, 0.2) is 0 Å². The monoisotopic (exact) mass is 392 g/mol. The Kier molecular flexibility index (Phi) is 5.46. The van der Waals surface area contributed by atoms with Crippen LogP contribution in [0.3, 0.4) is 0 Å². The molecule has 0 unspecified atom stereocenters. The fourth-order valence-electron chi connectivity index (χ4n) is 3.96. The number of carbonyl (C=O) groups is 1. The molecule has 7 nitrogen and oxygen atoms in total. The highest BCUT2D eigenvalue weighted by Crippen LogP contribution is 2.37. The second kappa shape index (κ2) is 8.34. The van der Waals surface area contributed by atoms with Crippen molar-refractivity contribution in [3.05, 3.63) is 60.2 Å². The zero-order chi connectivity index (χ0) is 20.2. The van der Waals surface area contributed by atoms with Crippen molar-refractivity contribution in [2.24, 2.45) is 0 Å². The third-order valence-electron chi connectivity index (χ3n) is 5.40. The number of benzene rings is 1. The molecule has 1 atom stereocenters. The van der Waals surface area contributed by atoms with Gasteiger partial charge in [-0.3, -0.25) is 14.9 Å². The Hall–Kier alpha value is -3.35. The van der Waals surface area contributed by atoms with Gasteiger partial charge >= 0.3 is 0 Å². The van der Waals surface area contributed by atoms with Gasteiger partial charge in [-0.25, -0.2) is 0 Å². The molecule has 29 heavy (non-hydrogen) atoms. The van der Waals surface area contributed by atoms with Crippen LogP contribution in [0.4, 0.5) is 0 Å². The van der Waals surface area contributed by atoms with Crippen molar-refractivity contribution in [3.8, 4) is 22.6 Å². The summed E-state index contributed by atoms with van der Waals surface area (Å²) in [5.74, 6) is 1.46. The summed E-state index contributed by atoms with van der Waals surface area (Å²) >= 11 is 0. The van der Waals surface area contributed by atoms with Crippen LogP contribution in [-0.4, -0.2) is 46.8 Å². The molecule has 1 fully saturated rings. The molecule has 1 saturated heterocycles. The van der Waals surface area contributed by atoms with E-state index in [-0.39, 0.29) is 18.4 Å². The lowest BCUT2D eigenvalue weighted by Gasteiger charge is -2.25. The Bertz CT molecular complexity index is 987. The number of nitrogens with one attached hydrogen (secondary N) is 1. The van der Waals surface area contributed by atoms with E-state index in [4.69, 9.17) is 9.47 Å². The lowest BCUT2D eigenvalue weighted by atomic mass is 10.0. The van der Waals surface area contributed by atoms with Gasteiger partial charge in [0.25, 0.3) is 0 Å². The number of nitrogens with zero attached hydrogens (tertiary/aromatic N) is 3. The maximum Gasteiger partial charge on any atom is 0.227 e. The van der Waals surface area contributed by atoms with E-state index in [1.54, 1.807) is 26.6 Å². The third-order valence-corrected chi connectivity index (χ3v) is 5.40. The van der Waals surface area contributed by atoms with Crippen LogP contribution in [0.1, 0.15) is 30.1 Å². The largest absolute Gasteiger partial charge is 0.497 e. The number of H-pyrrole nitrogens is 1. The van der Waals surface area contributed by atoms with Crippen molar-refractivity contribution >= 4 is 5.91 Å². The second-order valence-corrected chi connectivity index (χ2v) is 7.03. The van der Waals surface area contributed by atoms with Gasteiger partial charge < -0.3 is 14.4 Å². The summed E-state index contributed by atoms with van der Waals surface area (Å²) in [4.78, 5) is 19.2. The molecule has 2 aromatic heterocycles. The summed E-state index contributed by atoms with van der Waals surface area (Å²) in [5, 5.41) is 7.38. The number of ether oxygens (including phenoxy) is 2. The van der Waals surface area contributed by atoms with E-state index < -0.39 is 0 Å². The van der Waals surface area contributed by atoms with E-state index >= 15 is 0 Å². The number of hydrogen-bond donors (Lipinski definition) is 1. The Balaban J connectivity index is 1.59. The van der Waals surface area contributed by atoms with Crippen LogP contribution in [0.25, 0.3) is 11.1 Å². The van der Waals surface area contributed by atoms with Gasteiger partial charge in [-0.15, -0.1) is 0 Å². The van der Waals surface area contributed by atoms with Gasteiger partial charge in [0, 0.05) is 30.1 Å². The van der Waals surface area contributed by atoms with Gasteiger partial charge in [0.1, 0.15) is 11.5 Å². The molecule has 7 heteroatoms. The molecule has 0 bridgehead atoms. The van der Waals surface area contributed by atoms with E-state index in [9.17, 15) is 4.79 Å². The number of carbonyl (C=O) groups excluding carboxylic acids is 1. The lowest BCUT2D eigenvalue weighted by molar-refractivity contribution is -0.131. The number of pyridine rings is 1. The predicted octanol–water partition coefficient (Wildman–Crippen LogP) is 3.40. The number of rotatable bonds is 6. The molecule has 150 valence electrons.